The summed E-state index contributed by atoms with van der Waals surface area (Å²) in [5.74, 6) is -1.89. The zero-order valence-corrected chi connectivity index (χ0v) is 12.5. The van der Waals surface area contributed by atoms with E-state index >= 15 is 0 Å². The van der Waals surface area contributed by atoms with Gasteiger partial charge in [-0.1, -0.05) is 26.0 Å². The monoisotopic (exact) mass is 307 g/mol. The summed E-state index contributed by atoms with van der Waals surface area (Å²) in [6, 6.07) is 10.2. The van der Waals surface area contributed by atoms with Crippen LogP contribution in [0, 0.1) is 11.6 Å². The van der Waals surface area contributed by atoms with Gasteiger partial charge in [0.1, 0.15) is 11.6 Å². The molecule has 2 aromatic carbocycles. The topological polar surface area (TPSA) is 29.1 Å². The van der Waals surface area contributed by atoms with Crippen molar-refractivity contribution in [1.82, 2.24) is 0 Å². The number of benzene rings is 2. The third kappa shape index (κ3) is 4.04. The molecule has 0 spiro atoms. The van der Waals surface area contributed by atoms with Crippen molar-refractivity contribution in [3.05, 3.63) is 59.7 Å². The average Bonchev–Trinajstić information content (AvgIpc) is 2.42. The van der Waals surface area contributed by atoms with Gasteiger partial charge in [0.2, 0.25) is 0 Å². The molecule has 0 aliphatic carbocycles. The molecule has 0 bridgehead atoms. The number of anilines is 1. The maximum absolute atomic E-state index is 13.6. The number of carbonyl (C=O) groups excluding carboxylic acids is 1. The van der Waals surface area contributed by atoms with Gasteiger partial charge in [0.15, 0.2) is 0 Å². The molecule has 2 nitrogen and oxygen atoms in total. The second-order valence-corrected chi connectivity index (χ2v) is 6.36. The highest BCUT2D eigenvalue weighted by atomic mass is 32.2. The molecule has 1 N–H and O–H groups in total. The van der Waals surface area contributed by atoms with Crippen molar-refractivity contribution < 1.29 is 13.6 Å². The number of amides is 1. The molecule has 0 unspecified atom stereocenters. The lowest BCUT2D eigenvalue weighted by Gasteiger charge is -2.12. The lowest BCUT2D eigenvalue weighted by molar-refractivity contribution is 0.102. The Morgan fingerprint density at radius 3 is 2.52 bits per heavy atom. The minimum absolute atomic E-state index is 0.0363. The smallest absolute Gasteiger partial charge is 0.256 e. The van der Waals surface area contributed by atoms with Crippen LogP contribution < -0.4 is 5.32 Å². The van der Waals surface area contributed by atoms with Crippen LogP contribution in [0.4, 0.5) is 14.5 Å². The zero-order valence-electron chi connectivity index (χ0n) is 11.7. The molecule has 0 atom stereocenters. The Labute approximate surface area is 126 Å². The summed E-state index contributed by atoms with van der Waals surface area (Å²) in [6.07, 6.45) is 0. The third-order valence-electron chi connectivity index (χ3n) is 2.67. The molecule has 0 aliphatic heterocycles. The first-order valence-electron chi connectivity index (χ1n) is 6.49. The van der Waals surface area contributed by atoms with Crippen LogP contribution in [0.2, 0.25) is 0 Å². The van der Waals surface area contributed by atoms with Crippen molar-refractivity contribution in [2.24, 2.45) is 0 Å². The molecule has 2 rings (SSSR count). The summed E-state index contributed by atoms with van der Waals surface area (Å²) < 4.78 is 26.4. The van der Waals surface area contributed by atoms with Crippen molar-refractivity contribution in [2.45, 2.75) is 24.0 Å². The Hall–Kier alpha value is -1.88. The van der Waals surface area contributed by atoms with Gasteiger partial charge in [-0.3, -0.25) is 4.79 Å². The number of nitrogens with one attached hydrogen (secondary N) is 1. The van der Waals surface area contributed by atoms with Gasteiger partial charge in [0, 0.05) is 16.2 Å². The first kappa shape index (κ1) is 15.5. The lowest BCUT2D eigenvalue weighted by atomic mass is 10.2. The highest BCUT2D eigenvalue weighted by Gasteiger charge is 2.14. The van der Waals surface area contributed by atoms with E-state index in [0.717, 1.165) is 17.0 Å². The zero-order chi connectivity index (χ0) is 15.4. The van der Waals surface area contributed by atoms with Gasteiger partial charge in [-0.15, -0.1) is 11.8 Å². The quantitative estimate of drug-likeness (QED) is 0.828. The fraction of sp³-hybridized carbons (Fsp3) is 0.188. The molecule has 0 saturated carbocycles. The van der Waals surface area contributed by atoms with Crippen molar-refractivity contribution in [3.8, 4) is 0 Å². The number of hydrogen-bond acceptors (Lipinski definition) is 2. The van der Waals surface area contributed by atoms with Crippen molar-refractivity contribution in [1.29, 1.82) is 0 Å². The van der Waals surface area contributed by atoms with Gasteiger partial charge < -0.3 is 5.32 Å². The van der Waals surface area contributed by atoms with Crippen LogP contribution in [0.25, 0.3) is 0 Å². The van der Waals surface area contributed by atoms with Gasteiger partial charge >= 0.3 is 0 Å². The van der Waals surface area contributed by atoms with E-state index in [-0.39, 0.29) is 5.69 Å². The van der Waals surface area contributed by atoms with Crippen LogP contribution in [-0.2, 0) is 0 Å². The molecule has 1 amide bonds. The highest BCUT2D eigenvalue weighted by molar-refractivity contribution is 8.00. The first-order chi connectivity index (χ1) is 9.97. The molecular weight excluding hydrogens is 292 g/mol. The Bertz CT molecular complexity index is 658. The summed E-state index contributed by atoms with van der Waals surface area (Å²) in [5.41, 5.74) is 0.436. The van der Waals surface area contributed by atoms with Crippen LogP contribution in [0.15, 0.2) is 47.4 Å². The maximum atomic E-state index is 13.6. The van der Waals surface area contributed by atoms with Crippen LogP contribution in [0.1, 0.15) is 24.2 Å². The van der Waals surface area contributed by atoms with Crippen LogP contribution in [0.5, 0.6) is 0 Å². The van der Waals surface area contributed by atoms with Gasteiger partial charge in [-0.25, -0.2) is 8.78 Å². The van der Waals surface area contributed by atoms with E-state index in [9.17, 15) is 13.6 Å². The number of thioether (sulfide) groups is 1. The van der Waals surface area contributed by atoms with Gasteiger partial charge in [-0.05, 0) is 24.3 Å². The predicted octanol–water partition coefficient (Wildman–Crippen LogP) is 4.72. The molecule has 2 aromatic rings. The largest absolute Gasteiger partial charge is 0.319 e. The molecule has 5 heteroatoms. The number of rotatable bonds is 4. The van der Waals surface area contributed by atoms with Gasteiger partial charge in [0.25, 0.3) is 5.91 Å². The van der Waals surface area contributed by atoms with E-state index in [1.807, 2.05) is 26.0 Å². The summed E-state index contributed by atoms with van der Waals surface area (Å²) in [5, 5.41) is 2.79. The molecule has 0 aliphatic rings. The molecular formula is C16H15F2NOS. The summed E-state index contributed by atoms with van der Waals surface area (Å²) in [7, 11) is 0. The minimum atomic E-state index is -0.794. The highest BCUT2D eigenvalue weighted by Crippen LogP contribution is 2.27. The van der Waals surface area contributed by atoms with E-state index in [2.05, 4.69) is 5.32 Å². The van der Waals surface area contributed by atoms with Crippen molar-refractivity contribution in [3.63, 3.8) is 0 Å². The van der Waals surface area contributed by atoms with Crippen molar-refractivity contribution >= 4 is 23.4 Å². The SMILES string of the molecule is CC(C)Sc1ccccc1C(=O)Nc1ccc(F)cc1F. The van der Waals surface area contributed by atoms with E-state index in [1.54, 1.807) is 23.9 Å². The van der Waals surface area contributed by atoms with Crippen molar-refractivity contribution in [2.75, 3.05) is 5.32 Å². The number of halogens is 2. The summed E-state index contributed by atoms with van der Waals surface area (Å²) >= 11 is 1.56. The summed E-state index contributed by atoms with van der Waals surface area (Å²) in [4.78, 5) is 13.1. The normalized spacial score (nSPS) is 10.7. The fourth-order valence-corrected chi connectivity index (χ4v) is 2.74. The maximum Gasteiger partial charge on any atom is 0.256 e. The molecule has 0 fully saturated rings. The number of carbonyl (C=O) groups is 1. The van der Waals surface area contributed by atoms with Crippen LogP contribution in [0.3, 0.4) is 0 Å². The standard InChI is InChI=1S/C16H15F2NOS/c1-10(2)21-15-6-4-3-5-12(15)16(20)19-14-8-7-11(17)9-13(14)18/h3-10H,1-2H3,(H,19,20). The predicted molar refractivity (Wildman–Crippen MR) is 81.7 cm³/mol. The van der Waals surface area contributed by atoms with E-state index in [0.29, 0.717) is 10.8 Å². The molecule has 0 heterocycles. The number of hydrogen-bond donors (Lipinski definition) is 1. The average molecular weight is 307 g/mol. The molecule has 0 saturated heterocycles. The molecule has 0 aromatic heterocycles. The Morgan fingerprint density at radius 1 is 1.14 bits per heavy atom. The second-order valence-electron chi connectivity index (χ2n) is 4.74. The Balaban J connectivity index is 2.24. The second kappa shape index (κ2) is 6.72. The van der Waals surface area contributed by atoms with E-state index < -0.39 is 17.5 Å². The lowest BCUT2D eigenvalue weighted by Crippen LogP contribution is -2.14. The third-order valence-corrected chi connectivity index (χ3v) is 3.76. The summed E-state index contributed by atoms with van der Waals surface area (Å²) in [6.45, 7) is 4.05. The van der Waals surface area contributed by atoms with Crippen LogP contribution in [-0.4, -0.2) is 11.2 Å². The molecule has 110 valence electrons. The van der Waals surface area contributed by atoms with E-state index in [4.69, 9.17) is 0 Å². The van der Waals surface area contributed by atoms with Gasteiger partial charge in [-0.2, -0.15) is 0 Å². The fourth-order valence-electron chi connectivity index (χ4n) is 1.79. The Morgan fingerprint density at radius 2 is 1.86 bits per heavy atom. The Kier molecular flexibility index (Phi) is 4.96. The minimum Gasteiger partial charge on any atom is -0.319 e. The van der Waals surface area contributed by atoms with Gasteiger partial charge in [0.05, 0.1) is 11.3 Å². The molecule has 0 radical (unpaired) electrons. The van der Waals surface area contributed by atoms with Crippen LogP contribution >= 0.6 is 11.8 Å². The van der Waals surface area contributed by atoms with E-state index in [1.165, 1.54) is 6.07 Å². The molecule has 21 heavy (non-hydrogen) atoms. The first-order valence-corrected chi connectivity index (χ1v) is 7.37.